The Hall–Kier alpha value is -9.19. The Kier molecular flexibility index (Phi) is 9.43. The molecule has 0 bridgehead atoms. The van der Waals surface area contributed by atoms with Crippen molar-refractivity contribution >= 4 is 43.6 Å². The van der Waals surface area contributed by atoms with Gasteiger partial charge in [-0.3, -0.25) is 4.57 Å². The van der Waals surface area contributed by atoms with Gasteiger partial charge in [0.1, 0.15) is 0 Å². The minimum atomic E-state index is 0.569. The number of hydrogen-bond acceptors (Lipinski definition) is 3. The van der Waals surface area contributed by atoms with Crippen LogP contribution in [0.1, 0.15) is 0 Å². The molecule has 0 aliphatic rings. The van der Waals surface area contributed by atoms with E-state index in [0.717, 1.165) is 66.4 Å². The number of aromatic nitrogens is 5. The van der Waals surface area contributed by atoms with Gasteiger partial charge < -0.3 is 4.57 Å². The van der Waals surface area contributed by atoms with Crippen LogP contribution in [0.5, 0.6) is 0 Å². The highest BCUT2D eigenvalue weighted by molar-refractivity contribution is 6.14. The molecule has 0 fully saturated rings. The lowest BCUT2D eigenvalue weighted by molar-refractivity contribution is 0.954. The Morgan fingerprint density at radius 2 is 0.647 bits per heavy atom. The summed E-state index contributed by atoms with van der Waals surface area (Å²) in [5.41, 5.74) is 16.6. The molecule has 5 heteroatoms. The molecule has 0 atom stereocenters. The number of nitrogens with zero attached hydrogens (tertiary/aromatic N) is 5. The fraction of sp³-hybridized carbons (Fsp3) is 0. The molecule has 318 valence electrons. The van der Waals surface area contributed by atoms with Gasteiger partial charge in [0.05, 0.1) is 27.8 Å². The molecule has 0 amide bonds. The van der Waals surface area contributed by atoms with Gasteiger partial charge in [-0.25, -0.2) is 4.98 Å². The van der Waals surface area contributed by atoms with Crippen LogP contribution in [0.2, 0.25) is 0 Å². The van der Waals surface area contributed by atoms with Gasteiger partial charge in [0.15, 0.2) is 11.6 Å². The molecule has 0 saturated carbocycles. The fourth-order valence-electron chi connectivity index (χ4n) is 10.00. The Balaban J connectivity index is 0.910. The largest absolute Gasteiger partial charge is 0.309 e. The summed E-state index contributed by atoms with van der Waals surface area (Å²) in [7, 11) is 0. The highest BCUT2D eigenvalue weighted by atomic mass is 15.2. The Morgan fingerprint density at radius 1 is 0.250 bits per heavy atom. The molecule has 0 radical (unpaired) electrons. The molecule has 13 rings (SSSR count). The van der Waals surface area contributed by atoms with E-state index in [-0.39, 0.29) is 0 Å². The van der Waals surface area contributed by atoms with E-state index >= 15 is 0 Å². The van der Waals surface area contributed by atoms with Crippen LogP contribution in [0.3, 0.4) is 0 Å². The minimum absolute atomic E-state index is 0.569. The Bertz CT molecular complexity index is 3930. The van der Waals surface area contributed by atoms with Gasteiger partial charge in [0.25, 0.3) is 0 Å². The number of benzene rings is 10. The summed E-state index contributed by atoms with van der Waals surface area (Å²) < 4.78 is 4.63. The first-order valence-corrected chi connectivity index (χ1v) is 23.0. The van der Waals surface area contributed by atoms with Crippen LogP contribution in [-0.4, -0.2) is 24.1 Å². The van der Waals surface area contributed by atoms with Crippen molar-refractivity contribution < 1.29 is 0 Å². The third-order valence-corrected chi connectivity index (χ3v) is 13.2. The van der Waals surface area contributed by atoms with E-state index in [1.807, 2.05) is 18.2 Å². The second-order valence-corrected chi connectivity index (χ2v) is 17.2. The van der Waals surface area contributed by atoms with Crippen LogP contribution in [0.15, 0.2) is 249 Å². The molecule has 5 nitrogen and oxygen atoms in total. The predicted octanol–water partition coefficient (Wildman–Crippen LogP) is 16.1. The van der Waals surface area contributed by atoms with E-state index in [4.69, 9.17) is 15.0 Å². The zero-order valence-electron chi connectivity index (χ0n) is 36.9. The number of hydrogen-bond donors (Lipinski definition) is 0. The molecule has 0 aliphatic carbocycles. The Labute approximate surface area is 393 Å². The van der Waals surface area contributed by atoms with Crippen LogP contribution in [-0.2, 0) is 0 Å². The van der Waals surface area contributed by atoms with Crippen LogP contribution in [0.25, 0.3) is 123 Å². The van der Waals surface area contributed by atoms with Gasteiger partial charge in [-0.2, -0.15) is 9.97 Å². The average molecular weight is 868 g/mol. The molecule has 13 aromatic rings. The van der Waals surface area contributed by atoms with Crippen LogP contribution < -0.4 is 0 Å². The lowest BCUT2D eigenvalue weighted by Gasteiger charge is -2.16. The van der Waals surface area contributed by atoms with E-state index in [0.29, 0.717) is 17.6 Å². The summed E-state index contributed by atoms with van der Waals surface area (Å²) in [6, 6.07) is 88.2. The zero-order chi connectivity index (χ0) is 45.0. The van der Waals surface area contributed by atoms with E-state index in [9.17, 15) is 0 Å². The molecule has 0 spiro atoms. The lowest BCUT2D eigenvalue weighted by Crippen LogP contribution is -2.07. The monoisotopic (exact) mass is 867 g/mol. The van der Waals surface area contributed by atoms with Crippen molar-refractivity contribution in [3.63, 3.8) is 0 Å². The third-order valence-electron chi connectivity index (χ3n) is 13.2. The van der Waals surface area contributed by atoms with Crippen molar-refractivity contribution in [2.24, 2.45) is 0 Å². The predicted molar refractivity (Wildman–Crippen MR) is 281 cm³/mol. The molecule has 68 heavy (non-hydrogen) atoms. The summed E-state index contributed by atoms with van der Waals surface area (Å²) >= 11 is 0. The molecule has 0 aliphatic heterocycles. The summed E-state index contributed by atoms with van der Waals surface area (Å²) in [5.74, 6) is 1.79. The maximum absolute atomic E-state index is 5.29. The molecule has 3 heterocycles. The first kappa shape index (κ1) is 39.2. The molecular weight excluding hydrogens is 827 g/mol. The molecule has 0 saturated heterocycles. The second kappa shape index (κ2) is 16.4. The van der Waals surface area contributed by atoms with Gasteiger partial charge >= 0.3 is 0 Å². The molecule has 0 unspecified atom stereocenters. The zero-order valence-corrected chi connectivity index (χ0v) is 36.9. The quantitative estimate of drug-likeness (QED) is 0.153. The fourth-order valence-corrected chi connectivity index (χ4v) is 10.00. The van der Waals surface area contributed by atoms with Crippen molar-refractivity contribution in [3.8, 4) is 78.9 Å². The third kappa shape index (κ3) is 6.68. The van der Waals surface area contributed by atoms with Crippen LogP contribution >= 0.6 is 0 Å². The topological polar surface area (TPSA) is 48.5 Å². The highest BCUT2D eigenvalue weighted by Crippen LogP contribution is 2.40. The van der Waals surface area contributed by atoms with E-state index in [2.05, 4.69) is 240 Å². The number of para-hydroxylation sites is 4. The molecule has 0 N–H and O–H groups in total. The lowest BCUT2D eigenvalue weighted by atomic mass is 9.95. The Morgan fingerprint density at radius 3 is 1.24 bits per heavy atom. The van der Waals surface area contributed by atoms with E-state index in [1.165, 1.54) is 38.5 Å². The second-order valence-electron chi connectivity index (χ2n) is 17.2. The molecule has 3 aromatic heterocycles. The van der Waals surface area contributed by atoms with E-state index in [1.54, 1.807) is 0 Å². The summed E-state index contributed by atoms with van der Waals surface area (Å²) in [6.07, 6.45) is 0. The van der Waals surface area contributed by atoms with Crippen LogP contribution in [0.4, 0.5) is 0 Å². The van der Waals surface area contributed by atoms with Gasteiger partial charge in [-0.05, 0) is 63.7 Å². The highest BCUT2D eigenvalue weighted by Gasteiger charge is 2.21. The summed E-state index contributed by atoms with van der Waals surface area (Å²) in [5, 5.41) is 4.78. The average Bonchev–Trinajstić information content (AvgIpc) is 3.95. The van der Waals surface area contributed by atoms with E-state index < -0.39 is 0 Å². The van der Waals surface area contributed by atoms with Crippen molar-refractivity contribution in [3.05, 3.63) is 249 Å². The maximum Gasteiger partial charge on any atom is 0.238 e. The minimum Gasteiger partial charge on any atom is -0.309 e. The van der Waals surface area contributed by atoms with Gasteiger partial charge in [0.2, 0.25) is 5.95 Å². The molecular formula is C63H41N5. The normalized spacial score (nSPS) is 11.5. The summed E-state index contributed by atoms with van der Waals surface area (Å²) in [4.78, 5) is 15.6. The number of fused-ring (bicyclic) bond motifs is 6. The first-order valence-electron chi connectivity index (χ1n) is 23.0. The molecule has 10 aromatic carbocycles. The first-order chi connectivity index (χ1) is 33.7. The van der Waals surface area contributed by atoms with Crippen molar-refractivity contribution in [2.45, 2.75) is 0 Å². The van der Waals surface area contributed by atoms with Gasteiger partial charge in [-0.1, -0.05) is 218 Å². The van der Waals surface area contributed by atoms with Crippen molar-refractivity contribution in [2.75, 3.05) is 0 Å². The van der Waals surface area contributed by atoms with Gasteiger partial charge in [-0.15, -0.1) is 0 Å². The van der Waals surface area contributed by atoms with Crippen LogP contribution in [0, 0.1) is 0 Å². The standard InChI is InChI=1S/C63H41N5/c1-4-17-42(18-5-1)49-39-40-59(67-56-28-13-10-23-51(56)52-24-11-14-29-57(52)67)55(41-49)46-35-31-43(32-36-46)44-33-37-48(38-34-44)62-64-61(47-21-8-3-9-22-47)65-63(66-62)68-58-30-15-12-25-53(58)54-27-16-26-50(60(54)68)45-19-6-2-7-20-45/h1-41H. The van der Waals surface area contributed by atoms with Crippen molar-refractivity contribution in [1.82, 2.24) is 24.1 Å². The summed E-state index contributed by atoms with van der Waals surface area (Å²) in [6.45, 7) is 0. The van der Waals surface area contributed by atoms with Crippen molar-refractivity contribution in [1.29, 1.82) is 0 Å². The maximum atomic E-state index is 5.29. The smallest absolute Gasteiger partial charge is 0.238 e. The number of rotatable bonds is 8. The van der Waals surface area contributed by atoms with Gasteiger partial charge in [0, 0.05) is 43.8 Å². The SMILES string of the molecule is c1ccc(-c2ccc(-n3c4ccccc4c4ccccc43)c(-c3ccc(-c4ccc(-c5nc(-c6ccccc6)nc(-n6c7ccccc7c7cccc(-c8ccccc8)c76)n5)cc4)cc3)c2)cc1.